The molecule has 0 spiro atoms. The van der Waals surface area contributed by atoms with Gasteiger partial charge in [0.05, 0.1) is 6.04 Å². The molecular weight excluding hydrogens is 462 g/mol. The molecule has 0 saturated carbocycles. The fourth-order valence-electron chi connectivity index (χ4n) is 1.97. The topological polar surface area (TPSA) is 12.0 Å². The maximum absolute atomic E-state index is 13.5. The van der Waals surface area contributed by atoms with Gasteiger partial charge in [0.2, 0.25) is 0 Å². The summed E-state index contributed by atoms with van der Waals surface area (Å²) in [7, 11) is 1.74. The van der Waals surface area contributed by atoms with E-state index in [1.807, 2.05) is 18.2 Å². The zero-order chi connectivity index (χ0) is 14.9. The van der Waals surface area contributed by atoms with Crippen molar-refractivity contribution >= 4 is 50.1 Å². The Balaban J connectivity index is 2.58. The molecule has 0 aliphatic heterocycles. The summed E-state index contributed by atoms with van der Waals surface area (Å²) in [5.41, 5.74) is 1.41. The second-order valence-electron chi connectivity index (χ2n) is 4.18. The molecule has 0 saturated heterocycles. The van der Waals surface area contributed by atoms with Gasteiger partial charge < -0.3 is 5.32 Å². The molecule has 1 nitrogen and oxygen atoms in total. The fraction of sp³-hybridized carbons (Fsp3) is 0.143. The van der Waals surface area contributed by atoms with Crippen molar-refractivity contribution in [1.29, 1.82) is 0 Å². The average molecular weight is 472 g/mol. The van der Waals surface area contributed by atoms with Crippen molar-refractivity contribution < 1.29 is 8.78 Å². The smallest absolute Gasteiger partial charge is 0.160 e. The van der Waals surface area contributed by atoms with Crippen LogP contribution in [0.15, 0.2) is 34.8 Å². The van der Waals surface area contributed by atoms with E-state index in [0.717, 1.165) is 25.7 Å². The van der Waals surface area contributed by atoms with Crippen LogP contribution in [0.3, 0.4) is 0 Å². The zero-order valence-electron chi connectivity index (χ0n) is 10.4. The highest BCUT2D eigenvalue weighted by molar-refractivity contribution is 14.1. The molecule has 2 aromatic rings. The first-order chi connectivity index (χ1) is 9.43. The zero-order valence-corrected chi connectivity index (χ0v) is 14.9. The third kappa shape index (κ3) is 3.32. The minimum Gasteiger partial charge on any atom is -0.309 e. The molecule has 0 fully saturated rings. The second-order valence-corrected chi connectivity index (χ2v) is 6.68. The van der Waals surface area contributed by atoms with E-state index in [1.54, 1.807) is 7.05 Å². The molecule has 6 heteroatoms. The van der Waals surface area contributed by atoms with Crippen LogP contribution >= 0.6 is 50.1 Å². The highest BCUT2D eigenvalue weighted by Gasteiger charge is 2.20. The van der Waals surface area contributed by atoms with Gasteiger partial charge >= 0.3 is 0 Å². The van der Waals surface area contributed by atoms with Crippen LogP contribution in [0.25, 0.3) is 0 Å². The first kappa shape index (κ1) is 16.1. The van der Waals surface area contributed by atoms with E-state index in [1.165, 1.54) is 0 Å². The van der Waals surface area contributed by atoms with Crippen molar-refractivity contribution in [2.45, 2.75) is 6.04 Å². The Morgan fingerprint density at radius 1 is 1.15 bits per heavy atom. The largest absolute Gasteiger partial charge is 0.309 e. The monoisotopic (exact) mass is 471 g/mol. The maximum Gasteiger partial charge on any atom is 0.160 e. The Kier molecular flexibility index (Phi) is 5.39. The predicted molar refractivity (Wildman–Crippen MR) is 89.1 cm³/mol. The van der Waals surface area contributed by atoms with Gasteiger partial charge in [0.25, 0.3) is 0 Å². The number of hydrogen-bond acceptors (Lipinski definition) is 1. The van der Waals surface area contributed by atoms with Gasteiger partial charge in [-0.15, -0.1) is 0 Å². The van der Waals surface area contributed by atoms with Crippen LogP contribution in [0, 0.1) is 15.2 Å². The SMILES string of the molecule is CNC(c1cc(F)c(F)cc1Cl)c1cc(I)ccc1Br. The Hall–Kier alpha value is -0.240. The van der Waals surface area contributed by atoms with Crippen LogP contribution in [0.1, 0.15) is 17.2 Å². The molecule has 0 radical (unpaired) electrons. The molecular formula is C14H10BrClF2IN. The molecule has 0 aliphatic rings. The van der Waals surface area contributed by atoms with Crippen LogP contribution in [0.4, 0.5) is 8.78 Å². The summed E-state index contributed by atoms with van der Waals surface area (Å²) in [6, 6.07) is 7.62. The lowest BCUT2D eigenvalue weighted by Crippen LogP contribution is -2.19. The summed E-state index contributed by atoms with van der Waals surface area (Å²) < 4.78 is 28.6. The van der Waals surface area contributed by atoms with Crippen LogP contribution in [0.2, 0.25) is 5.02 Å². The molecule has 1 unspecified atom stereocenters. The summed E-state index contributed by atoms with van der Waals surface area (Å²) in [5.74, 6) is -1.86. The number of nitrogens with one attached hydrogen (secondary N) is 1. The van der Waals surface area contributed by atoms with Gasteiger partial charge in [0.15, 0.2) is 11.6 Å². The van der Waals surface area contributed by atoms with Crippen molar-refractivity contribution in [2.24, 2.45) is 0 Å². The van der Waals surface area contributed by atoms with Gasteiger partial charge in [-0.25, -0.2) is 8.78 Å². The maximum atomic E-state index is 13.5. The van der Waals surface area contributed by atoms with Crippen LogP contribution < -0.4 is 5.32 Å². The van der Waals surface area contributed by atoms with Crippen LogP contribution in [0.5, 0.6) is 0 Å². The lowest BCUT2D eigenvalue weighted by molar-refractivity contribution is 0.505. The van der Waals surface area contributed by atoms with Gasteiger partial charge in [-0.2, -0.15) is 0 Å². The first-order valence-electron chi connectivity index (χ1n) is 5.70. The Labute approximate surface area is 143 Å². The quantitative estimate of drug-likeness (QED) is 0.473. The van der Waals surface area contributed by atoms with Crippen molar-refractivity contribution in [1.82, 2.24) is 5.32 Å². The summed E-state index contributed by atoms with van der Waals surface area (Å²) in [6.07, 6.45) is 0. The normalized spacial score (nSPS) is 12.5. The van der Waals surface area contributed by atoms with Crippen molar-refractivity contribution in [2.75, 3.05) is 7.05 Å². The molecule has 1 atom stereocenters. The summed E-state index contributed by atoms with van der Waals surface area (Å²) in [4.78, 5) is 0. The number of hydrogen-bond donors (Lipinski definition) is 1. The second kappa shape index (κ2) is 6.68. The molecule has 2 aromatic carbocycles. The number of rotatable bonds is 3. The van der Waals surface area contributed by atoms with E-state index in [9.17, 15) is 8.78 Å². The van der Waals surface area contributed by atoms with E-state index < -0.39 is 11.6 Å². The fourth-order valence-corrected chi connectivity index (χ4v) is 3.22. The summed E-state index contributed by atoms with van der Waals surface area (Å²) in [5, 5.41) is 3.27. The summed E-state index contributed by atoms with van der Waals surface area (Å²) >= 11 is 11.7. The Bertz CT molecular complexity index is 651. The minimum atomic E-state index is -0.949. The first-order valence-corrected chi connectivity index (χ1v) is 7.95. The molecule has 0 amide bonds. The third-order valence-electron chi connectivity index (χ3n) is 2.91. The van der Waals surface area contributed by atoms with Crippen LogP contribution in [-0.4, -0.2) is 7.05 Å². The van der Waals surface area contributed by atoms with Crippen molar-refractivity contribution in [3.63, 3.8) is 0 Å². The molecule has 0 heterocycles. The minimum absolute atomic E-state index is 0.189. The molecule has 0 bridgehead atoms. The lowest BCUT2D eigenvalue weighted by Gasteiger charge is -2.20. The number of halogens is 5. The third-order valence-corrected chi connectivity index (χ3v) is 4.63. The highest BCUT2D eigenvalue weighted by Crippen LogP contribution is 2.34. The molecule has 20 heavy (non-hydrogen) atoms. The Morgan fingerprint density at radius 2 is 1.80 bits per heavy atom. The van der Waals surface area contributed by atoms with E-state index in [4.69, 9.17) is 11.6 Å². The van der Waals surface area contributed by atoms with E-state index >= 15 is 0 Å². The molecule has 1 N–H and O–H groups in total. The molecule has 0 aliphatic carbocycles. The van der Waals surface area contributed by atoms with E-state index in [2.05, 4.69) is 43.8 Å². The molecule has 106 valence electrons. The van der Waals surface area contributed by atoms with Gasteiger partial charge in [-0.05, 0) is 71.1 Å². The highest BCUT2D eigenvalue weighted by atomic mass is 127. The summed E-state index contributed by atoms with van der Waals surface area (Å²) in [6.45, 7) is 0. The Morgan fingerprint density at radius 3 is 2.45 bits per heavy atom. The average Bonchev–Trinajstić information content (AvgIpc) is 2.40. The van der Waals surface area contributed by atoms with Gasteiger partial charge in [-0.3, -0.25) is 0 Å². The van der Waals surface area contributed by atoms with Gasteiger partial charge in [-0.1, -0.05) is 27.5 Å². The van der Waals surface area contributed by atoms with Crippen molar-refractivity contribution in [3.8, 4) is 0 Å². The van der Waals surface area contributed by atoms with Crippen molar-refractivity contribution in [3.05, 3.63) is 66.2 Å². The van der Waals surface area contributed by atoms with E-state index in [-0.39, 0.29) is 11.1 Å². The lowest BCUT2D eigenvalue weighted by atomic mass is 9.98. The van der Waals surface area contributed by atoms with Crippen LogP contribution in [-0.2, 0) is 0 Å². The van der Waals surface area contributed by atoms with Gasteiger partial charge in [0.1, 0.15) is 0 Å². The van der Waals surface area contributed by atoms with Gasteiger partial charge in [0, 0.05) is 13.1 Å². The standard InChI is InChI=1S/C14H10BrClF2IN/c1-20-14(8-4-7(19)2-3-10(8)15)9-5-12(17)13(18)6-11(9)16/h2-6,14,20H,1H3. The molecule has 0 aromatic heterocycles. The molecule has 2 rings (SSSR count). The number of benzene rings is 2. The van der Waals surface area contributed by atoms with E-state index in [0.29, 0.717) is 5.56 Å². The predicted octanol–water partition coefficient (Wildman–Crippen LogP) is 5.29.